The third-order valence-corrected chi connectivity index (χ3v) is 3.83. The van der Waals surface area contributed by atoms with Crippen molar-refractivity contribution in [3.8, 4) is 0 Å². The molecule has 11 heteroatoms. The minimum absolute atomic E-state index is 0.208. The van der Waals surface area contributed by atoms with E-state index in [0.717, 1.165) is 11.3 Å². The summed E-state index contributed by atoms with van der Waals surface area (Å²) in [5.41, 5.74) is 14.0. The molecule has 0 bridgehead atoms. The van der Waals surface area contributed by atoms with E-state index in [1.807, 2.05) is 0 Å². The van der Waals surface area contributed by atoms with Crippen LogP contribution in [0.1, 0.15) is 17.5 Å². The highest BCUT2D eigenvalue weighted by molar-refractivity contribution is 6.39. The van der Waals surface area contributed by atoms with E-state index in [2.05, 4.69) is 22.9 Å². The maximum absolute atomic E-state index is 10.7. The molecule has 3 rings (SSSR count). The van der Waals surface area contributed by atoms with Crippen LogP contribution in [0.25, 0.3) is 0 Å². The van der Waals surface area contributed by atoms with E-state index in [0.29, 0.717) is 28.9 Å². The van der Waals surface area contributed by atoms with Gasteiger partial charge in [-0.05, 0) is 37.5 Å². The number of rotatable bonds is 4. The summed E-state index contributed by atoms with van der Waals surface area (Å²) in [5.74, 6) is 4.77. The first-order valence-electron chi connectivity index (χ1n) is 8.31. The van der Waals surface area contributed by atoms with Crippen LogP contribution in [0, 0.1) is 5.41 Å². The number of para-hydroxylation sites is 1. The number of hydrazine groups is 1. The van der Waals surface area contributed by atoms with Crippen LogP contribution in [-0.4, -0.2) is 37.9 Å². The molecule has 0 unspecified atom stereocenters. The second kappa shape index (κ2) is 15.6. The van der Waals surface area contributed by atoms with E-state index in [9.17, 15) is 4.79 Å². The minimum atomic E-state index is -0.368. The van der Waals surface area contributed by atoms with E-state index in [1.165, 1.54) is 7.05 Å². The van der Waals surface area contributed by atoms with Gasteiger partial charge in [0.1, 0.15) is 0 Å². The average Bonchev–Trinajstić information content (AvgIpc) is 3.27. The van der Waals surface area contributed by atoms with Crippen molar-refractivity contribution in [2.45, 2.75) is 12.7 Å². The Kier molecular flexibility index (Phi) is 14.4. The van der Waals surface area contributed by atoms with Gasteiger partial charge in [-0.1, -0.05) is 35.3 Å². The Hall–Kier alpha value is -2.27. The fraction of sp³-hybridized carbons (Fsp3) is 0.278. The number of hydrogen-bond donors (Lipinski definition) is 5. The Morgan fingerprint density at radius 1 is 1.21 bits per heavy atom. The van der Waals surface area contributed by atoms with Crippen molar-refractivity contribution in [2.24, 2.45) is 17.3 Å². The summed E-state index contributed by atoms with van der Waals surface area (Å²) in [6.45, 7) is 3.69. The first kappa shape index (κ1) is 26.7. The first-order valence-corrected chi connectivity index (χ1v) is 9.07. The molecule has 1 fully saturated rings. The largest absolute Gasteiger partial charge is 0.369 e. The number of nitrogens with zero attached hydrogens (tertiary/aromatic N) is 1. The zero-order chi connectivity index (χ0) is 22.2. The molecule has 160 valence electrons. The molecule has 29 heavy (non-hydrogen) atoms. The zero-order valence-corrected chi connectivity index (χ0v) is 17.5. The number of aromatic nitrogens is 1. The molecule has 1 aromatic carbocycles. The Morgan fingerprint density at radius 3 is 2.14 bits per heavy atom. The minimum Gasteiger partial charge on any atom is -0.369 e. The molecule has 0 radical (unpaired) electrons. The van der Waals surface area contributed by atoms with Crippen LogP contribution in [0.5, 0.6) is 0 Å². The molecular formula is C18H26Cl2N6O3. The lowest BCUT2D eigenvalue weighted by Gasteiger charge is -2.08. The van der Waals surface area contributed by atoms with E-state index in [4.69, 9.17) is 49.7 Å². The quantitative estimate of drug-likeness (QED) is 0.274. The third kappa shape index (κ3) is 9.66. The molecule has 1 aliphatic rings. The topological polar surface area (TPSA) is 162 Å². The predicted octanol–water partition coefficient (Wildman–Crippen LogP) is 2.27. The van der Waals surface area contributed by atoms with E-state index >= 15 is 0 Å². The number of nitrogen functional groups attached to an aromatic ring is 1. The number of benzene rings is 1. The van der Waals surface area contributed by atoms with Gasteiger partial charge in [0.2, 0.25) is 12.2 Å². The molecule has 8 N–H and O–H groups in total. The lowest BCUT2D eigenvalue weighted by Crippen LogP contribution is -2.14. The number of nitrogens with two attached hydrogens (primary N) is 3. The molecule has 1 aromatic heterocycles. The summed E-state index contributed by atoms with van der Waals surface area (Å²) in [4.78, 5) is 14.8. The van der Waals surface area contributed by atoms with E-state index in [1.54, 1.807) is 36.5 Å². The maximum atomic E-state index is 10.7. The van der Waals surface area contributed by atoms with Gasteiger partial charge in [-0.3, -0.25) is 15.6 Å². The highest BCUT2D eigenvalue weighted by Gasteiger charge is 2.19. The second-order valence-corrected chi connectivity index (χ2v) is 5.86. The summed E-state index contributed by atoms with van der Waals surface area (Å²) < 4.78 is 10.6. The molecule has 1 aliphatic heterocycles. The zero-order valence-electron chi connectivity index (χ0n) is 16.0. The smallest absolute Gasteiger partial charge is 0.221 e. The Bertz CT molecular complexity index is 708. The predicted molar refractivity (Wildman–Crippen MR) is 116 cm³/mol. The number of hydrogen-bond acceptors (Lipinski definition) is 8. The summed E-state index contributed by atoms with van der Waals surface area (Å²) in [5, 5.41) is 6.55. The number of halogens is 2. The maximum Gasteiger partial charge on any atom is 0.221 e. The van der Waals surface area contributed by atoms with Crippen molar-refractivity contribution >= 4 is 41.5 Å². The van der Waals surface area contributed by atoms with Crippen LogP contribution in [0.2, 0.25) is 10.0 Å². The van der Waals surface area contributed by atoms with E-state index in [-0.39, 0.29) is 18.6 Å². The number of carbonyl (C=O) groups excluding carboxylic acids is 1. The van der Waals surface area contributed by atoms with Crippen LogP contribution in [0.3, 0.4) is 0 Å². The number of amides is 1. The lowest BCUT2D eigenvalue weighted by molar-refractivity contribution is -0.117. The van der Waals surface area contributed by atoms with Crippen molar-refractivity contribution in [3.63, 3.8) is 0 Å². The summed E-state index contributed by atoms with van der Waals surface area (Å²) in [6, 6.07) is 8.77. The summed E-state index contributed by atoms with van der Waals surface area (Å²) >= 11 is 11.4. The molecule has 0 aliphatic carbocycles. The van der Waals surface area contributed by atoms with Gasteiger partial charge in [0.15, 0.2) is 0 Å². The number of ether oxygens (including phenoxy) is 2. The Labute approximate surface area is 179 Å². The highest BCUT2D eigenvalue weighted by Crippen LogP contribution is 2.28. The Balaban J connectivity index is 0.000000488. The molecule has 1 saturated heterocycles. The molecular weight excluding hydrogens is 419 g/mol. The van der Waals surface area contributed by atoms with Gasteiger partial charge in [-0.25, -0.2) is 0 Å². The van der Waals surface area contributed by atoms with Crippen molar-refractivity contribution in [1.82, 2.24) is 4.98 Å². The standard InChI is InChI=1S/C10H12N2O3.C6H6Cl2N2.CH5N.CH3N/c11-9(13)5-7-1-2-8(12-6-7)10-14-3-4-15-10;7-4-2-1-3-5(8)6(4)10-9;2*1-2/h1-2,6,10H,3-5H2,(H2,11,13);1-3,10H,9H2;2H2,1H3;2H,1H2. The number of anilines is 1. The second-order valence-electron chi connectivity index (χ2n) is 5.05. The first-order chi connectivity index (χ1) is 14.0. The van der Waals surface area contributed by atoms with Crippen LogP contribution in [0.15, 0.2) is 36.5 Å². The van der Waals surface area contributed by atoms with Gasteiger partial charge < -0.3 is 31.8 Å². The SMILES string of the molecule is C=N.CN.NC(=O)Cc1ccc(C2OCCO2)nc1.NNc1c(Cl)cccc1Cl. The van der Waals surface area contributed by atoms with Gasteiger partial charge in [0.25, 0.3) is 0 Å². The Morgan fingerprint density at radius 2 is 1.76 bits per heavy atom. The van der Waals surface area contributed by atoms with Gasteiger partial charge >= 0.3 is 0 Å². The van der Waals surface area contributed by atoms with Gasteiger partial charge in [0, 0.05) is 6.20 Å². The van der Waals surface area contributed by atoms with Crippen molar-refractivity contribution in [3.05, 3.63) is 57.8 Å². The van der Waals surface area contributed by atoms with Crippen molar-refractivity contribution < 1.29 is 14.3 Å². The monoisotopic (exact) mass is 444 g/mol. The van der Waals surface area contributed by atoms with Crippen LogP contribution >= 0.6 is 23.2 Å². The van der Waals surface area contributed by atoms with Gasteiger partial charge in [-0.15, -0.1) is 0 Å². The number of nitrogens with one attached hydrogen (secondary N) is 2. The molecule has 0 atom stereocenters. The lowest BCUT2D eigenvalue weighted by atomic mass is 10.2. The highest BCUT2D eigenvalue weighted by atomic mass is 35.5. The van der Waals surface area contributed by atoms with Crippen LogP contribution in [0.4, 0.5) is 5.69 Å². The molecule has 1 amide bonds. The molecule has 2 aromatic rings. The van der Waals surface area contributed by atoms with Crippen molar-refractivity contribution in [2.75, 3.05) is 25.7 Å². The normalized spacial score (nSPS) is 12.3. The average molecular weight is 445 g/mol. The third-order valence-electron chi connectivity index (χ3n) is 3.20. The van der Waals surface area contributed by atoms with Crippen LogP contribution in [-0.2, 0) is 20.7 Å². The summed E-state index contributed by atoms with van der Waals surface area (Å²) in [6.07, 6.45) is 1.46. The molecule has 0 spiro atoms. The van der Waals surface area contributed by atoms with E-state index < -0.39 is 0 Å². The molecule has 9 nitrogen and oxygen atoms in total. The number of carbonyl (C=O) groups is 1. The fourth-order valence-electron chi connectivity index (χ4n) is 2.05. The van der Waals surface area contributed by atoms with Gasteiger partial charge in [-0.2, -0.15) is 0 Å². The van der Waals surface area contributed by atoms with Crippen molar-refractivity contribution in [1.29, 1.82) is 5.41 Å². The number of primary amides is 1. The fourth-order valence-corrected chi connectivity index (χ4v) is 2.55. The number of pyridine rings is 1. The molecule has 0 saturated carbocycles. The summed E-state index contributed by atoms with van der Waals surface area (Å²) in [7, 11) is 1.50. The molecule has 2 heterocycles. The van der Waals surface area contributed by atoms with Crippen LogP contribution < -0.4 is 22.7 Å². The van der Waals surface area contributed by atoms with Gasteiger partial charge in [0.05, 0.1) is 41.1 Å².